The number of esters is 1. The van der Waals surface area contributed by atoms with Crippen LogP contribution in [0.3, 0.4) is 0 Å². The van der Waals surface area contributed by atoms with Crippen molar-refractivity contribution in [3.8, 4) is 5.75 Å². The van der Waals surface area contributed by atoms with Crippen LogP contribution in [0.4, 0.5) is 5.69 Å². The molecule has 0 fully saturated rings. The Balaban J connectivity index is 1.83. The van der Waals surface area contributed by atoms with Gasteiger partial charge in [0.2, 0.25) is 22.0 Å². The lowest BCUT2D eigenvalue weighted by molar-refractivity contribution is -0.148. The summed E-state index contributed by atoms with van der Waals surface area (Å²) in [6, 6.07) is 13.2. The molecule has 0 aromatic heterocycles. The lowest BCUT2D eigenvalue weighted by Gasteiger charge is -2.34. The molecule has 0 spiro atoms. The minimum Gasteiger partial charge on any atom is -0.475 e. The van der Waals surface area contributed by atoms with Gasteiger partial charge in [0.1, 0.15) is 5.75 Å². The van der Waals surface area contributed by atoms with Crippen molar-refractivity contribution in [3.05, 3.63) is 54.1 Å². The Hall–Kier alpha value is -2.91. The van der Waals surface area contributed by atoms with E-state index in [9.17, 15) is 18.0 Å². The van der Waals surface area contributed by atoms with E-state index in [-0.39, 0.29) is 11.4 Å². The molecule has 8 nitrogen and oxygen atoms in total. The summed E-state index contributed by atoms with van der Waals surface area (Å²) in [7, 11) is -1.26. The van der Waals surface area contributed by atoms with Crippen LogP contribution in [0.2, 0.25) is 0 Å². The van der Waals surface area contributed by atoms with Crippen LogP contribution in [0, 0.1) is 6.92 Å². The Morgan fingerprint density at radius 3 is 2.48 bits per heavy atom. The number of hydrogen-bond donors (Lipinski definition) is 0. The van der Waals surface area contributed by atoms with Gasteiger partial charge in [0, 0.05) is 7.05 Å². The summed E-state index contributed by atoms with van der Waals surface area (Å²) in [5.74, 6) is -0.739. The van der Waals surface area contributed by atoms with Crippen molar-refractivity contribution in [1.29, 1.82) is 0 Å². The van der Waals surface area contributed by atoms with E-state index in [1.807, 2.05) is 6.92 Å². The van der Waals surface area contributed by atoms with Crippen LogP contribution in [-0.4, -0.2) is 58.0 Å². The van der Waals surface area contributed by atoms with Crippen LogP contribution in [0.25, 0.3) is 0 Å². The maximum atomic E-state index is 13.0. The van der Waals surface area contributed by atoms with Gasteiger partial charge in [-0.1, -0.05) is 29.8 Å². The van der Waals surface area contributed by atoms with E-state index in [1.165, 1.54) is 31.2 Å². The van der Waals surface area contributed by atoms with E-state index in [0.29, 0.717) is 11.4 Å². The van der Waals surface area contributed by atoms with Gasteiger partial charge in [-0.2, -0.15) is 4.31 Å². The Bertz CT molecular complexity index is 1020. The lowest BCUT2D eigenvalue weighted by Crippen LogP contribution is -2.50. The van der Waals surface area contributed by atoms with Crippen molar-refractivity contribution in [2.75, 3.05) is 32.1 Å². The minimum atomic E-state index is -3.84. The average molecular weight is 418 g/mol. The number of fused-ring (bicyclic) bond motifs is 1. The zero-order valence-electron chi connectivity index (χ0n) is 16.4. The van der Waals surface area contributed by atoms with E-state index in [2.05, 4.69) is 0 Å². The molecule has 29 heavy (non-hydrogen) atoms. The smallest absolute Gasteiger partial charge is 0.348 e. The van der Waals surface area contributed by atoms with Gasteiger partial charge in [-0.25, -0.2) is 13.2 Å². The maximum Gasteiger partial charge on any atom is 0.348 e. The van der Waals surface area contributed by atoms with Crippen molar-refractivity contribution in [2.24, 2.45) is 0 Å². The van der Waals surface area contributed by atoms with Gasteiger partial charge in [-0.3, -0.25) is 4.79 Å². The molecule has 1 aliphatic rings. The van der Waals surface area contributed by atoms with Crippen molar-refractivity contribution in [2.45, 2.75) is 17.9 Å². The second kappa shape index (κ2) is 8.22. The Labute approximate surface area is 169 Å². The normalized spacial score (nSPS) is 16.1. The predicted molar refractivity (Wildman–Crippen MR) is 106 cm³/mol. The molecule has 1 amide bonds. The molecule has 2 aromatic rings. The van der Waals surface area contributed by atoms with Crippen LogP contribution >= 0.6 is 0 Å². The minimum absolute atomic E-state index is 0.0685. The van der Waals surface area contributed by atoms with Gasteiger partial charge in [0.05, 0.1) is 30.8 Å². The third-order valence-corrected chi connectivity index (χ3v) is 6.44. The molecule has 0 saturated heterocycles. The number of carbonyl (C=O) groups is 2. The molecule has 0 bridgehead atoms. The first-order valence-corrected chi connectivity index (χ1v) is 10.3. The largest absolute Gasteiger partial charge is 0.475 e. The molecule has 0 aliphatic carbocycles. The lowest BCUT2D eigenvalue weighted by atomic mass is 10.2. The molecule has 0 saturated carbocycles. The van der Waals surface area contributed by atoms with Crippen LogP contribution in [-0.2, 0) is 24.3 Å². The van der Waals surface area contributed by atoms with Gasteiger partial charge in [0.25, 0.3) is 0 Å². The molecular formula is C20H22N2O6S. The highest BCUT2D eigenvalue weighted by atomic mass is 32.2. The number of methoxy groups -OCH3 is 1. The van der Waals surface area contributed by atoms with Crippen molar-refractivity contribution in [1.82, 2.24) is 4.31 Å². The molecule has 1 heterocycles. The summed E-state index contributed by atoms with van der Waals surface area (Å²) in [4.78, 5) is 26.4. The third-order valence-electron chi connectivity index (χ3n) is 4.63. The summed E-state index contributed by atoms with van der Waals surface area (Å²) in [6.45, 7) is 1.40. The zero-order chi connectivity index (χ0) is 21.2. The Kier molecular flexibility index (Phi) is 5.90. The number of hydrogen-bond acceptors (Lipinski definition) is 6. The molecule has 0 unspecified atom stereocenters. The topological polar surface area (TPSA) is 93.2 Å². The average Bonchev–Trinajstić information content (AvgIpc) is 2.72. The molecule has 9 heteroatoms. The van der Waals surface area contributed by atoms with Crippen LogP contribution in [0.1, 0.15) is 5.56 Å². The van der Waals surface area contributed by atoms with Crippen LogP contribution in [0.5, 0.6) is 5.75 Å². The first-order chi connectivity index (χ1) is 13.7. The zero-order valence-corrected chi connectivity index (χ0v) is 17.2. The molecule has 0 N–H and O–H groups in total. The van der Waals surface area contributed by atoms with Crippen LogP contribution < -0.4 is 9.64 Å². The number of rotatable bonds is 5. The van der Waals surface area contributed by atoms with E-state index in [0.717, 1.165) is 9.87 Å². The van der Waals surface area contributed by atoms with Gasteiger partial charge in [-0.15, -0.1) is 0 Å². The number of sulfonamides is 1. The van der Waals surface area contributed by atoms with Crippen molar-refractivity contribution in [3.63, 3.8) is 0 Å². The fraction of sp³-hybridized carbons (Fsp3) is 0.300. The monoisotopic (exact) mass is 418 g/mol. The molecule has 1 aliphatic heterocycles. The summed E-state index contributed by atoms with van der Waals surface area (Å²) < 4.78 is 36.9. The molecular weight excluding hydrogens is 396 g/mol. The van der Waals surface area contributed by atoms with E-state index in [4.69, 9.17) is 9.47 Å². The number of para-hydroxylation sites is 2. The number of nitrogens with zero attached hydrogens (tertiary/aromatic N) is 2. The molecule has 2 aromatic carbocycles. The Morgan fingerprint density at radius 1 is 1.17 bits per heavy atom. The van der Waals surface area contributed by atoms with Crippen molar-refractivity contribution >= 4 is 27.6 Å². The number of aryl methyl sites for hydroxylation is 1. The maximum absolute atomic E-state index is 13.0. The van der Waals surface area contributed by atoms with E-state index >= 15 is 0 Å². The summed E-state index contributed by atoms with van der Waals surface area (Å²) in [6.07, 6.45) is -0.988. The highest BCUT2D eigenvalue weighted by Crippen LogP contribution is 2.33. The van der Waals surface area contributed by atoms with Gasteiger partial charge in [-0.05, 0) is 31.2 Å². The quantitative estimate of drug-likeness (QED) is 0.685. The molecule has 1 atom stereocenters. The number of benzene rings is 2. The number of likely N-dealkylation sites (N-methyl/N-ethyl adjacent to an activating group) is 1. The predicted octanol–water partition coefficient (Wildman–Crippen LogP) is 1.58. The van der Waals surface area contributed by atoms with Crippen LogP contribution in [0.15, 0.2) is 53.4 Å². The second-order valence-corrected chi connectivity index (χ2v) is 8.72. The van der Waals surface area contributed by atoms with Gasteiger partial charge < -0.3 is 14.4 Å². The fourth-order valence-electron chi connectivity index (χ4n) is 2.98. The molecule has 0 radical (unpaired) electrons. The number of ether oxygens (including phenoxy) is 2. The van der Waals surface area contributed by atoms with Gasteiger partial charge >= 0.3 is 5.97 Å². The number of anilines is 1. The van der Waals surface area contributed by atoms with Gasteiger partial charge in [0.15, 0.2) is 0 Å². The SMILES string of the molecule is COC(=O)[C@H]1CN(C(=O)CN(C)S(=O)(=O)c2ccc(C)cc2)c2ccccc2O1. The third kappa shape index (κ3) is 4.25. The standard InChI is InChI=1S/C20H22N2O6S/c1-14-8-10-15(11-9-14)29(25,26)21(2)13-19(23)22-12-18(20(24)27-3)28-17-7-5-4-6-16(17)22/h4-11,18H,12-13H2,1-3H3/t18-/m1/s1. The highest BCUT2D eigenvalue weighted by Gasteiger charge is 2.35. The number of carbonyl (C=O) groups excluding carboxylic acids is 2. The fourth-order valence-corrected chi connectivity index (χ4v) is 4.10. The highest BCUT2D eigenvalue weighted by molar-refractivity contribution is 7.89. The summed E-state index contributed by atoms with van der Waals surface area (Å²) >= 11 is 0. The number of amides is 1. The van der Waals surface area contributed by atoms with E-state index in [1.54, 1.807) is 36.4 Å². The Morgan fingerprint density at radius 2 is 1.83 bits per heavy atom. The second-order valence-electron chi connectivity index (χ2n) is 6.68. The summed E-state index contributed by atoms with van der Waals surface area (Å²) in [5, 5.41) is 0. The molecule has 3 rings (SSSR count). The van der Waals surface area contributed by atoms with E-state index < -0.39 is 34.5 Å². The molecule has 154 valence electrons. The summed E-state index contributed by atoms with van der Waals surface area (Å²) in [5.41, 5.74) is 1.40. The first kappa shape index (κ1) is 20.8. The van der Waals surface area contributed by atoms with Crippen molar-refractivity contribution < 1.29 is 27.5 Å². The first-order valence-electron chi connectivity index (χ1n) is 8.91.